The predicted molar refractivity (Wildman–Crippen MR) is 130 cm³/mol. The number of carbonyl (C=O) groups is 4. The van der Waals surface area contributed by atoms with E-state index in [2.05, 4.69) is 6.92 Å². The van der Waals surface area contributed by atoms with Gasteiger partial charge in [0.15, 0.2) is 17.5 Å². The zero-order valence-electron chi connectivity index (χ0n) is 21.2. The second-order valence-corrected chi connectivity index (χ2v) is 9.31. The number of esters is 1. The Morgan fingerprint density at radius 2 is 1.18 bits per heavy atom. The van der Waals surface area contributed by atoms with Crippen molar-refractivity contribution in [3.63, 3.8) is 0 Å². The molecule has 0 fully saturated rings. The topological polar surface area (TPSA) is 138 Å². The van der Waals surface area contributed by atoms with Crippen molar-refractivity contribution < 1.29 is 39.2 Å². The molecule has 198 valence electrons. The maximum atomic E-state index is 12.6. The van der Waals surface area contributed by atoms with Crippen LogP contribution in [0.1, 0.15) is 129 Å². The molecule has 0 amide bonds. The van der Waals surface area contributed by atoms with Crippen LogP contribution in [0.15, 0.2) is 0 Å². The average molecular weight is 487 g/mol. The quantitative estimate of drug-likeness (QED) is 0.128. The van der Waals surface area contributed by atoms with Crippen LogP contribution in [0.3, 0.4) is 0 Å². The van der Waals surface area contributed by atoms with Crippen molar-refractivity contribution in [1.29, 1.82) is 0 Å². The van der Waals surface area contributed by atoms with Crippen LogP contribution >= 0.6 is 0 Å². The van der Waals surface area contributed by atoms with Crippen molar-refractivity contribution in [2.45, 2.75) is 141 Å². The molecule has 0 aliphatic rings. The first-order chi connectivity index (χ1) is 16.2. The van der Waals surface area contributed by atoms with Gasteiger partial charge < -0.3 is 20.1 Å². The van der Waals surface area contributed by atoms with Crippen LogP contribution in [-0.4, -0.2) is 50.7 Å². The van der Waals surface area contributed by atoms with Crippen molar-refractivity contribution in [1.82, 2.24) is 0 Å². The summed E-state index contributed by atoms with van der Waals surface area (Å²) in [6.45, 7) is 4.22. The molecular formula is C26H46O8. The lowest BCUT2D eigenvalue weighted by Gasteiger charge is -2.22. The molecule has 0 aliphatic heterocycles. The fraction of sp³-hybridized carbons (Fsp3) is 0.846. The van der Waals surface area contributed by atoms with Gasteiger partial charge in [0.05, 0.1) is 12.8 Å². The van der Waals surface area contributed by atoms with Gasteiger partial charge in [0.25, 0.3) is 0 Å². The van der Waals surface area contributed by atoms with E-state index in [0.717, 1.165) is 32.1 Å². The minimum atomic E-state index is -2.77. The van der Waals surface area contributed by atoms with E-state index >= 15 is 0 Å². The second-order valence-electron chi connectivity index (χ2n) is 9.31. The van der Waals surface area contributed by atoms with Crippen LogP contribution in [0, 0.1) is 0 Å². The van der Waals surface area contributed by atoms with Crippen LogP contribution < -0.4 is 0 Å². The number of ether oxygens (including phenoxy) is 1. The summed E-state index contributed by atoms with van der Waals surface area (Å²) in [5, 5.41) is 28.1. The number of carboxylic acids is 2. The first kappa shape index (κ1) is 32.0. The number of unbranched alkanes of at least 4 members (excludes halogenated alkanes) is 12. The largest absolute Gasteiger partial charge is 0.481 e. The Bertz CT molecular complexity index is 604. The molecule has 0 aromatic carbocycles. The van der Waals surface area contributed by atoms with E-state index in [-0.39, 0.29) is 12.2 Å². The number of rotatable bonds is 23. The smallest absolute Gasteiger partial charge is 0.336 e. The van der Waals surface area contributed by atoms with Gasteiger partial charge >= 0.3 is 17.9 Å². The van der Waals surface area contributed by atoms with Gasteiger partial charge in [0.2, 0.25) is 0 Å². The number of ketones is 1. The summed E-state index contributed by atoms with van der Waals surface area (Å²) >= 11 is 0. The fourth-order valence-corrected chi connectivity index (χ4v) is 3.89. The SMILES string of the molecule is CCCCCCCCCCCCCC(OC(=O)CC(O)(CC(=O)O)C(=O)O)C(=O)CCCCC. The maximum Gasteiger partial charge on any atom is 0.336 e. The van der Waals surface area contributed by atoms with Crippen LogP contribution in [0.2, 0.25) is 0 Å². The Labute approximate surface area is 204 Å². The number of aliphatic hydroxyl groups is 1. The molecule has 0 heterocycles. The summed E-state index contributed by atoms with van der Waals surface area (Å²) in [5.41, 5.74) is -2.77. The first-order valence-electron chi connectivity index (χ1n) is 13.1. The van der Waals surface area contributed by atoms with Crippen molar-refractivity contribution in [2.24, 2.45) is 0 Å². The van der Waals surface area contributed by atoms with E-state index in [9.17, 15) is 24.3 Å². The highest BCUT2D eigenvalue weighted by molar-refractivity contribution is 5.90. The normalized spacial score (nSPS) is 13.7. The third-order valence-corrected chi connectivity index (χ3v) is 6.01. The van der Waals surface area contributed by atoms with Gasteiger partial charge in [0.1, 0.15) is 0 Å². The van der Waals surface area contributed by atoms with Crippen LogP contribution in [0.25, 0.3) is 0 Å². The van der Waals surface area contributed by atoms with Gasteiger partial charge in [0, 0.05) is 6.42 Å². The second kappa shape index (κ2) is 19.4. The summed E-state index contributed by atoms with van der Waals surface area (Å²) in [6.07, 6.45) is 12.6. The van der Waals surface area contributed by atoms with Gasteiger partial charge in [-0.2, -0.15) is 0 Å². The first-order valence-corrected chi connectivity index (χ1v) is 13.1. The highest BCUT2D eigenvalue weighted by atomic mass is 16.5. The van der Waals surface area contributed by atoms with Crippen molar-refractivity contribution in [3.8, 4) is 0 Å². The molecule has 0 rings (SSSR count). The van der Waals surface area contributed by atoms with E-state index in [1.165, 1.54) is 44.9 Å². The molecule has 0 aliphatic carbocycles. The standard InChI is InChI=1S/C26H46O8/c1-3-5-7-8-9-10-11-12-13-14-16-18-22(21(27)17-15-6-4-2)34-24(30)20-26(33,25(31)32)19-23(28)29/h22,33H,3-20H2,1-2H3,(H,28,29)(H,31,32). The van der Waals surface area contributed by atoms with Crippen LogP contribution in [-0.2, 0) is 23.9 Å². The highest BCUT2D eigenvalue weighted by Crippen LogP contribution is 2.20. The maximum absolute atomic E-state index is 12.6. The predicted octanol–water partition coefficient (Wildman–Crippen LogP) is 5.43. The lowest BCUT2D eigenvalue weighted by atomic mass is 9.95. The minimum Gasteiger partial charge on any atom is -0.481 e. The molecule has 2 unspecified atom stereocenters. The molecule has 0 spiro atoms. The number of aliphatic carboxylic acids is 2. The third kappa shape index (κ3) is 15.8. The van der Waals surface area contributed by atoms with Gasteiger partial charge in [-0.25, -0.2) is 4.79 Å². The lowest BCUT2D eigenvalue weighted by molar-refractivity contribution is -0.174. The Kier molecular flexibility index (Phi) is 18.2. The molecule has 0 bridgehead atoms. The molecule has 0 saturated heterocycles. The number of carboxylic acid groups (broad SMARTS) is 2. The van der Waals surface area contributed by atoms with Gasteiger partial charge in [-0.05, 0) is 19.3 Å². The molecule has 0 aromatic rings. The molecule has 3 N–H and O–H groups in total. The van der Waals surface area contributed by atoms with Crippen molar-refractivity contribution >= 4 is 23.7 Å². The van der Waals surface area contributed by atoms with E-state index in [4.69, 9.17) is 14.9 Å². The van der Waals surface area contributed by atoms with E-state index < -0.39 is 42.5 Å². The number of carbonyl (C=O) groups excluding carboxylic acids is 2. The molecule has 8 heteroatoms. The van der Waals surface area contributed by atoms with Crippen molar-refractivity contribution in [2.75, 3.05) is 0 Å². The van der Waals surface area contributed by atoms with Crippen LogP contribution in [0.5, 0.6) is 0 Å². The van der Waals surface area contributed by atoms with Crippen molar-refractivity contribution in [3.05, 3.63) is 0 Å². The molecule has 34 heavy (non-hydrogen) atoms. The van der Waals surface area contributed by atoms with Gasteiger partial charge in [-0.3, -0.25) is 14.4 Å². The summed E-state index contributed by atoms with van der Waals surface area (Å²) < 4.78 is 5.26. The zero-order valence-corrected chi connectivity index (χ0v) is 21.2. The average Bonchev–Trinajstić information content (AvgIpc) is 2.75. The van der Waals surface area contributed by atoms with Gasteiger partial charge in [-0.1, -0.05) is 90.9 Å². The summed E-state index contributed by atoms with van der Waals surface area (Å²) in [7, 11) is 0. The molecule has 0 saturated carbocycles. The molecule has 8 nitrogen and oxygen atoms in total. The zero-order chi connectivity index (χ0) is 25.8. The number of hydrogen-bond acceptors (Lipinski definition) is 6. The molecule has 2 atom stereocenters. The third-order valence-electron chi connectivity index (χ3n) is 6.01. The van der Waals surface area contributed by atoms with Crippen LogP contribution in [0.4, 0.5) is 0 Å². The lowest BCUT2D eigenvalue weighted by Crippen LogP contribution is -2.44. The summed E-state index contributed by atoms with van der Waals surface area (Å²) in [6, 6.07) is 0. The summed E-state index contributed by atoms with van der Waals surface area (Å²) in [5.74, 6) is -4.66. The van der Waals surface area contributed by atoms with E-state index in [0.29, 0.717) is 19.3 Å². The molecule has 0 radical (unpaired) electrons. The fourth-order valence-electron chi connectivity index (χ4n) is 3.89. The van der Waals surface area contributed by atoms with E-state index in [1.807, 2.05) is 6.92 Å². The molecule has 0 aromatic heterocycles. The molecular weight excluding hydrogens is 440 g/mol. The monoisotopic (exact) mass is 486 g/mol. The number of Topliss-reactive ketones (excluding diaryl/α,β-unsaturated/α-hetero) is 1. The van der Waals surface area contributed by atoms with Gasteiger partial charge in [-0.15, -0.1) is 0 Å². The summed E-state index contributed by atoms with van der Waals surface area (Å²) in [4.78, 5) is 47.1. The number of hydrogen-bond donors (Lipinski definition) is 3. The Morgan fingerprint density at radius 3 is 1.65 bits per heavy atom. The minimum absolute atomic E-state index is 0.217. The Morgan fingerprint density at radius 1 is 0.706 bits per heavy atom. The van der Waals surface area contributed by atoms with E-state index in [1.54, 1.807) is 0 Å². The highest BCUT2D eigenvalue weighted by Gasteiger charge is 2.42. The Hall–Kier alpha value is -1.96. The Balaban J connectivity index is 4.58.